The van der Waals surface area contributed by atoms with Crippen LogP contribution in [-0.4, -0.2) is 47.1 Å². The first kappa shape index (κ1) is 21.2. The lowest BCUT2D eigenvalue weighted by Crippen LogP contribution is -2.41. The standard InChI is InChI=1S/C21H28N4O3S/c1-4-14(5-2)21(27)25-12-10-15(11-13-25)19-23-24-20(29-19)18(26)22-16-6-8-17(28-3)9-7-16/h6-9,14-15H,4-5,10-13H2,1-3H3,(H,22,26). The number of anilines is 1. The second-order valence-electron chi connectivity index (χ2n) is 7.24. The summed E-state index contributed by atoms with van der Waals surface area (Å²) in [6, 6.07) is 7.15. The van der Waals surface area contributed by atoms with Gasteiger partial charge in [0.25, 0.3) is 5.91 Å². The molecule has 156 valence electrons. The van der Waals surface area contributed by atoms with E-state index in [-0.39, 0.29) is 23.7 Å². The van der Waals surface area contributed by atoms with E-state index >= 15 is 0 Å². The van der Waals surface area contributed by atoms with Crippen LogP contribution < -0.4 is 10.1 Å². The largest absolute Gasteiger partial charge is 0.497 e. The Morgan fingerprint density at radius 1 is 1.17 bits per heavy atom. The van der Waals surface area contributed by atoms with Crippen molar-refractivity contribution in [3.8, 4) is 5.75 Å². The van der Waals surface area contributed by atoms with E-state index in [9.17, 15) is 9.59 Å². The summed E-state index contributed by atoms with van der Waals surface area (Å²) in [6.07, 6.45) is 3.50. The number of hydrogen-bond donors (Lipinski definition) is 1. The highest BCUT2D eigenvalue weighted by Gasteiger charge is 2.29. The first-order chi connectivity index (χ1) is 14.0. The number of amides is 2. The summed E-state index contributed by atoms with van der Waals surface area (Å²) in [6.45, 7) is 5.62. The van der Waals surface area contributed by atoms with Crippen molar-refractivity contribution in [3.63, 3.8) is 0 Å². The molecular weight excluding hydrogens is 388 g/mol. The van der Waals surface area contributed by atoms with Crippen LogP contribution in [0.2, 0.25) is 0 Å². The number of piperidine rings is 1. The number of hydrogen-bond acceptors (Lipinski definition) is 6. The molecule has 1 aliphatic heterocycles. The third kappa shape index (κ3) is 5.12. The molecule has 8 heteroatoms. The average molecular weight is 417 g/mol. The predicted molar refractivity (Wildman–Crippen MR) is 113 cm³/mol. The van der Waals surface area contributed by atoms with E-state index in [1.165, 1.54) is 11.3 Å². The Balaban J connectivity index is 1.56. The zero-order valence-corrected chi connectivity index (χ0v) is 18.0. The molecule has 1 aliphatic rings. The highest BCUT2D eigenvalue weighted by atomic mass is 32.1. The smallest absolute Gasteiger partial charge is 0.286 e. The van der Waals surface area contributed by atoms with E-state index in [2.05, 4.69) is 29.4 Å². The van der Waals surface area contributed by atoms with Crippen LogP contribution in [0.1, 0.15) is 60.3 Å². The van der Waals surface area contributed by atoms with Gasteiger partial charge < -0.3 is 15.0 Å². The van der Waals surface area contributed by atoms with Crippen LogP contribution in [0.3, 0.4) is 0 Å². The second-order valence-corrected chi connectivity index (χ2v) is 8.25. The fraction of sp³-hybridized carbons (Fsp3) is 0.524. The van der Waals surface area contributed by atoms with E-state index in [4.69, 9.17) is 4.74 Å². The highest BCUT2D eigenvalue weighted by molar-refractivity contribution is 7.13. The van der Waals surface area contributed by atoms with Crippen LogP contribution in [0.4, 0.5) is 5.69 Å². The predicted octanol–water partition coefficient (Wildman–Crippen LogP) is 3.94. The van der Waals surface area contributed by atoms with E-state index in [0.29, 0.717) is 10.7 Å². The summed E-state index contributed by atoms with van der Waals surface area (Å²) in [5.74, 6) is 1.11. The number of ether oxygens (including phenoxy) is 1. The summed E-state index contributed by atoms with van der Waals surface area (Å²) in [7, 11) is 1.60. The van der Waals surface area contributed by atoms with Gasteiger partial charge in [-0.1, -0.05) is 25.2 Å². The molecule has 1 saturated heterocycles. The Kier molecular flexibility index (Phi) is 7.19. The Labute approximate surface area is 175 Å². The maximum Gasteiger partial charge on any atom is 0.286 e. The van der Waals surface area contributed by atoms with Gasteiger partial charge in [-0.15, -0.1) is 10.2 Å². The van der Waals surface area contributed by atoms with Gasteiger partial charge in [-0.2, -0.15) is 0 Å². The van der Waals surface area contributed by atoms with Crippen LogP contribution in [0.25, 0.3) is 0 Å². The Hall–Kier alpha value is -2.48. The van der Waals surface area contributed by atoms with Crippen molar-refractivity contribution in [2.75, 3.05) is 25.5 Å². The van der Waals surface area contributed by atoms with E-state index < -0.39 is 0 Å². The van der Waals surface area contributed by atoms with Crippen LogP contribution in [0.15, 0.2) is 24.3 Å². The van der Waals surface area contributed by atoms with Crippen molar-refractivity contribution in [3.05, 3.63) is 34.3 Å². The third-order valence-electron chi connectivity index (χ3n) is 5.47. The molecule has 0 unspecified atom stereocenters. The molecule has 1 N–H and O–H groups in total. The molecule has 0 aliphatic carbocycles. The van der Waals surface area contributed by atoms with Gasteiger partial charge in [-0.25, -0.2) is 0 Å². The number of nitrogens with zero attached hydrogens (tertiary/aromatic N) is 3. The fourth-order valence-corrected chi connectivity index (χ4v) is 4.50. The number of rotatable bonds is 7. The minimum atomic E-state index is -0.264. The monoisotopic (exact) mass is 416 g/mol. The number of carbonyl (C=O) groups excluding carboxylic acids is 2. The molecule has 0 atom stereocenters. The highest BCUT2D eigenvalue weighted by Crippen LogP contribution is 2.31. The van der Waals surface area contributed by atoms with Gasteiger partial charge in [0.05, 0.1) is 7.11 Å². The quantitative estimate of drug-likeness (QED) is 0.739. The normalized spacial score (nSPS) is 14.8. The molecule has 1 aromatic carbocycles. The summed E-state index contributed by atoms with van der Waals surface area (Å²) in [4.78, 5) is 27.0. The first-order valence-corrected chi connectivity index (χ1v) is 10.9. The summed E-state index contributed by atoms with van der Waals surface area (Å²) in [5, 5.41) is 12.4. The number of likely N-dealkylation sites (tertiary alicyclic amines) is 1. The molecule has 29 heavy (non-hydrogen) atoms. The second kappa shape index (κ2) is 9.82. The topological polar surface area (TPSA) is 84.4 Å². The molecule has 7 nitrogen and oxygen atoms in total. The summed E-state index contributed by atoms with van der Waals surface area (Å²) in [5.41, 5.74) is 0.681. The van der Waals surface area contributed by atoms with E-state index in [0.717, 1.165) is 49.5 Å². The SMILES string of the molecule is CCC(CC)C(=O)N1CCC(c2nnc(C(=O)Nc3ccc(OC)cc3)s2)CC1. The summed E-state index contributed by atoms with van der Waals surface area (Å²) < 4.78 is 5.12. The van der Waals surface area contributed by atoms with Crippen LogP contribution in [0, 0.1) is 5.92 Å². The zero-order chi connectivity index (χ0) is 20.8. The Morgan fingerprint density at radius 2 is 1.83 bits per heavy atom. The molecule has 0 bridgehead atoms. The van der Waals surface area contributed by atoms with Gasteiger partial charge in [0, 0.05) is 30.6 Å². The van der Waals surface area contributed by atoms with Crippen molar-refractivity contribution in [1.29, 1.82) is 0 Å². The molecule has 1 fully saturated rings. The number of carbonyl (C=O) groups is 2. The molecule has 0 spiro atoms. The number of nitrogens with one attached hydrogen (secondary N) is 1. The fourth-order valence-electron chi connectivity index (χ4n) is 3.59. The lowest BCUT2D eigenvalue weighted by Gasteiger charge is -2.33. The molecular formula is C21H28N4O3S. The van der Waals surface area contributed by atoms with Crippen molar-refractivity contribution < 1.29 is 14.3 Å². The molecule has 0 saturated carbocycles. The molecule has 2 heterocycles. The third-order valence-corrected chi connectivity index (χ3v) is 6.56. The van der Waals surface area contributed by atoms with Crippen molar-refractivity contribution in [2.45, 2.75) is 45.4 Å². The van der Waals surface area contributed by atoms with Gasteiger partial charge in [0.15, 0.2) is 0 Å². The Morgan fingerprint density at radius 3 is 2.41 bits per heavy atom. The number of benzene rings is 1. The Bertz CT molecular complexity index is 825. The van der Waals surface area contributed by atoms with E-state index in [1.54, 1.807) is 31.4 Å². The number of methoxy groups -OCH3 is 1. The molecule has 0 radical (unpaired) electrons. The average Bonchev–Trinajstić information content (AvgIpc) is 3.26. The zero-order valence-electron chi connectivity index (χ0n) is 17.2. The first-order valence-electron chi connectivity index (χ1n) is 10.1. The maximum atomic E-state index is 12.6. The maximum absolute atomic E-state index is 12.6. The van der Waals surface area contributed by atoms with Gasteiger partial charge in [0.1, 0.15) is 10.8 Å². The molecule has 3 rings (SSSR count). The van der Waals surface area contributed by atoms with Crippen LogP contribution >= 0.6 is 11.3 Å². The van der Waals surface area contributed by atoms with Crippen molar-refractivity contribution in [1.82, 2.24) is 15.1 Å². The van der Waals surface area contributed by atoms with Gasteiger partial charge >= 0.3 is 0 Å². The van der Waals surface area contributed by atoms with Crippen molar-refractivity contribution in [2.24, 2.45) is 5.92 Å². The van der Waals surface area contributed by atoms with Gasteiger partial charge in [0.2, 0.25) is 10.9 Å². The lowest BCUT2D eigenvalue weighted by molar-refractivity contribution is -0.136. The molecule has 2 amide bonds. The lowest BCUT2D eigenvalue weighted by atomic mass is 9.95. The minimum Gasteiger partial charge on any atom is -0.497 e. The summed E-state index contributed by atoms with van der Waals surface area (Å²) >= 11 is 1.34. The molecule has 2 aromatic rings. The van der Waals surface area contributed by atoms with Gasteiger partial charge in [-0.3, -0.25) is 9.59 Å². The van der Waals surface area contributed by atoms with Gasteiger partial charge in [-0.05, 0) is 49.9 Å². The van der Waals surface area contributed by atoms with Crippen LogP contribution in [-0.2, 0) is 4.79 Å². The van der Waals surface area contributed by atoms with E-state index in [1.807, 2.05) is 4.90 Å². The van der Waals surface area contributed by atoms with Crippen molar-refractivity contribution >= 4 is 28.8 Å². The minimum absolute atomic E-state index is 0.126. The van der Waals surface area contributed by atoms with Crippen LogP contribution in [0.5, 0.6) is 5.75 Å². The molecule has 1 aromatic heterocycles. The number of aromatic nitrogens is 2.